The summed E-state index contributed by atoms with van der Waals surface area (Å²) in [5, 5.41) is 0.762. The second kappa shape index (κ2) is 5.35. The van der Waals surface area contributed by atoms with Gasteiger partial charge in [0.1, 0.15) is 0 Å². The minimum Gasteiger partial charge on any atom is -0.274 e. The molecule has 1 aromatic carbocycles. The van der Waals surface area contributed by atoms with Gasteiger partial charge in [-0.05, 0) is 24.1 Å². The minimum atomic E-state index is -0.317. The highest BCUT2D eigenvalue weighted by Gasteiger charge is 2.36. The van der Waals surface area contributed by atoms with E-state index >= 15 is 0 Å². The van der Waals surface area contributed by atoms with Gasteiger partial charge in [0, 0.05) is 10.6 Å². The van der Waals surface area contributed by atoms with Gasteiger partial charge >= 0.3 is 0 Å². The van der Waals surface area contributed by atoms with Gasteiger partial charge in [-0.2, -0.15) is 0 Å². The van der Waals surface area contributed by atoms with E-state index < -0.39 is 0 Å². The maximum atomic E-state index is 12.3. The Kier molecular flexibility index (Phi) is 3.97. The monoisotopic (exact) mass is 297 g/mol. The van der Waals surface area contributed by atoms with Crippen molar-refractivity contribution < 1.29 is 9.59 Å². The van der Waals surface area contributed by atoms with Crippen molar-refractivity contribution in [1.29, 1.82) is 0 Å². The van der Waals surface area contributed by atoms with Gasteiger partial charge in [0.2, 0.25) is 5.91 Å². The molecule has 1 aliphatic rings. The number of halogens is 2. The fourth-order valence-electron chi connectivity index (χ4n) is 2.01. The lowest BCUT2D eigenvalue weighted by Crippen LogP contribution is -2.29. The van der Waals surface area contributed by atoms with Crippen LogP contribution in [0.25, 0.3) is 0 Å². The van der Waals surface area contributed by atoms with E-state index in [0.29, 0.717) is 21.3 Å². The van der Waals surface area contributed by atoms with Crippen molar-refractivity contribution in [3.8, 4) is 0 Å². The third-order valence-electron chi connectivity index (χ3n) is 2.75. The fraction of sp³-hybridized carbons (Fsp3) is 0.286. The molecule has 1 saturated heterocycles. The van der Waals surface area contributed by atoms with Crippen LogP contribution in [-0.2, 0) is 9.59 Å². The summed E-state index contributed by atoms with van der Waals surface area (Å²) >= 11 is 11.9. The first-order chi connectivity index (χ1) is 8.90. The number of nitrogens with zero attached hydrogens (tertiary/aromatic N) is 1. The summed E-state index contributed by atoms with van der Waals surface area (Å²) < 4.78 is 0. The smallest absolute Gasteiger partial charge is 0.261 e. The molecule has 1 heterocycles. The molecule has 19 heavy (non-hydrogen) atoms. The van der Waals surface area contributed by atoms with Crippen molar-refractivity contribution >= 4 is 40.7 Å². The average Bonchev–Trinajstić information content (AvgIpc) is 2.57. The molecule has 1 aliphatic heterocycles. The highest BCUT2D eigenvalue weighted by atomic mass is 35.5. The van der Waals surface area contributed by atoms with Crippen LogP contribution in [0.2, 0.25) is 10.0 Å². The number of hydrogen-bond donors (Lipinski definition) is 0. The summed E-state index contributed by atoms with van der Waals surface area (Å²) in [6.07, 6.45) is 1.92. The largest absolute Gasteiger partial charge is 0.274 e. The lowest BCUT2D eigenvalue weighted by atomic mass is 10.1. The molecule has 5 heteroatoms. The minimum absolute atomic E-state index is 0.111. The summed E-state index contributed by atoms with van der Waals surface area (Å²) in [6, 6.07) is 4.71. The van der Waals surface area contributed by atoms with Crippen LogP contribution in [0.4, 0.5) is 5.69 Å². The van der Waals surface area contributed by atoms with E-state index in [1.165, 1.54) is 6.07 Å². The average molecular weight is 298 g/mol. The number of anilines is 1. The normalized spacial score (nSPS) is 17.9. The van der Waals surface area contributed by atoms with Crippen molar-refractivity contribution in [2.75, 3.05) is 4.90 Å². The summed E-state index contributed by atoms with van der Waals surface area (Å²) in [4.78, 5) is 25.4. The van der Waals surface area contributed by atoms with E-state index in [1.807, 2.05) is 13.8 Å². The first kappa shape index (κ1) is 14.1. The number of hydrogen-bond acceptors (Lipinski definition) is 2. The second-order valence-electron chi connectivity index (χ2n) is 4.74. The first-order valence-electron chi connectivity index (χ1n) is 5.93. The molecule has 0 aliphatic carbocycles. The maximum Gasteiger partial charge on any atom is 0.261 e. The quantitative estimate of drug-likeness (QED) is 0.614. The Morgan fingerprint density at radius 3 is 2.58 bits per heavy atom. The Balaban J connectivity index is 2.43. The van der Waals surface area contributed by atoms with Crippen molar-refractivity contribution in [2.24, 2.45) is 5.92 Å². The van der Waals surface area contributed by atoms with Crippen LogP contribution in [0.3, 0.4) is 0 Å². The van der Waals surface area contributed by atoms with Crippen molar-refractivity contribution in [3.63, 3.8) is 0 Å². The van der Waals surface area contributed by atoms with Gasteiger partial charge in [0.25, 0.3) is 5.91 Å². The zero-order valence-corrected chi connectivity index (χ0v) is 12.1. The topological polar surface area (TPSA) is 37.4 Å². The number of amides is 2. The molecule has 1 fully saturated rings. The molecular formula is C14H13Cl2NO2. The van der Waals surface area contributed by atoms with Gasteiger partial charge in [-0.1, -0.05) is 43.1 Å². The molecule has 3 nitrogen and oxygen atoms in total. The van der Waals surface area contributed by atoms with E-state index in [4.69, 9.17) is 23.2 Å². The molecule has 0 N–H and O–H groups in total. The molecule has 100 valence electrons. The third-order valence-corrected chi connectivity index (χ3v) is 3.31. The van der Waals surface area contributed by atoms with Crippen LogP contribution in [0, 0.1) is 5.92 Å². The van der Waals surface area contributed by atoms with Crippen LogP contribution in [0.15, 0.2) is 29.8 Å². The summed E-state index contributed by atoms with van der Waals surface area (Å²) in [6.45, 7) is 3.92. The Bertz CT molecular complexity index is 579. The SMILES string of the molecule is CC(C)C=C1CC(=O)N(c2cc(Cl)ccc2Cl)C1=O. The molecule has 0 radical (unpaired) electrons. The first-order valence-corrected chi connectivity index (χ1v) is 6.68. The molecule has 1 aromatic rings. The van der Waals surface area contributed by atoms with E-state index in [-0.39, 0.29) is 24.2 Å². The molecule has 0 saturated carbocycles. The number of carbonyl (C=O) groups is 2. The van der Waals surface area contributed by atoms with Crippen LogP contribution >= 0.6 is 23.2 Å². The Morgan fingerprint density at radius 1 is 1.26 bits per heavy atom. The van der Waals surface area contributed by atoms with E-state index in [2.05, 4.69) is 0 Å². The van der Waals surface area contributed by atoms with Gasteiger partial charge in [0.15, 0.2) is 0 Å². The Hall–Kier alpha value is -1.32. The third kappa shape index (κ3) is 2.82. The van der Waals surface area contributed by atoms with E-state index in [0.717, 1.165) is 4.90 Å². The molecule has 2 amide bonds. The van der Waals surface area contributed by atoms with Gasteiger partial charge < -0.3 is 0 Å². The van der Waals surface area contributed by atoms with Crippen LogP contribution in [0.5, 0.6) is 0 Å². The zero-order chi connectivity index (χ0) is 14.2. The summed E-state index contributed by atoms with van der Waals surface area (Å²) in [7, 11) is 0. The molecule has 0 unspecified atom stereocenters. The lowest BCUT2D eigenvalue weighted by Gasteiger charge is -2.15. The summed E-state index contributed by atoms with van der Waals surface area (Å²) in [5.41, 5.74) is 0.854. The maximum absolute atomic E-state index is 12.3. The Morgan fingerprint density at radius 2 is 1.95 bits per heavy atom. The van der Waals surface area contributed by atoms with E-state index in [1.54, 1.807) is 18.2 Å². The lowest BCUT2D eigenvalue weighted by molar-refractivity contribution is -0.120. The molecule has 0 bridgehead atoms. The predicted octanol–water partition coefficient (Wildman–Crippen LogP) is 3.84. The van der Waals surface area contributed by atoms with Gasteiger partial charge in [-0.15, -0.1) is 0 Å². The van der Waals surface area contributed by atoms with Crippen molar-refractivity contribution in [1.82, 2.24) is 0 Å². The molecular weight excluding hydrogens is 285 g/mol. The number of imide groups is 1. The van der Waals surface area contributed by atoms with Gasteiger partial charge in [-0.25, -0.2) is 4.90 Å². The standard InChI is InChI=1S/C14H13Cl2NO2/c1-8(2)5-9-6-13(18)17(14(9)19)12-7-10(15)3-4-11(12)16/h3-5,7-8H,6H2,1-2H3. The molecule has 0 atom stereocenters. The molecule has 0 aromatic heterocycles. The van der Waals surface area contributed by atoms with Gasteiger partial charge in [0.05, 0.1) is 17.1 Å². The predicted molar refractivity (Wildman–Crippen MR) is 76.5 cm³/mol. The summed E-state index contributed by atoms with van der Waals surface area (Å²) in [5.74, 6) is -0.384. The van der Waals surface area contributed by atoms with Crippen molar-refractivity contribution in [2.45, 2.75) is 20.3 Å². The fourth-order valence-corrected chi connectivity index (χ4v) is 2.38. The van der Waals surface area contributed by atoms with Crippen LogP contribution in [0.1, 0.15) is 20.3 Å². The Labute approximate surface area is 121 Å². The second-order valence-corrected chi connectivity index (χ2v) is 5.59. The van der Waals surface area contributed by atoms with Gasteiger partial charge in [-0.3, -0.25) is 9.59 Å². The van der Waals surface area contributed by atoms with Crippen molar-refractivity contribution in [3.05, 3.63) is 39.9 Å². The highest BCUT2D eigenvalue weighted by molar-refractivity contribution is 6.38. The number of allylic oxidation sites excluding steroid dienone is 1. The van der Waals surface area contributed by atoms with Crippen LogP contribution < -0.4 is 4.90 Å². The van der Waals surface area contributed by atoms with Crippen LogP contribution in [-0.4, -0.2) is 11.8 Å². The molecule has 0 spiro atoms. The number of benzene rings is 1. The zero-order valence-electron chi connectivity index (χ0n) is 10.6. The number of carbonyl (C=O) groups excluding carboxylic acids is 2. The highest BCUT2D eigenvalue weighted by Crippen LogP contribution is 2.34. The van der Waals surface area contributed by atoms with E-state index in [9.17, 15) is 9.59 Å². The molecule has 2 rings (SSSR count). The number of rotatable bonds is 2.